The summed E-state index contributed by atoms with van der Waals surface area (Å²) in [6, 6.07) is 21.8. The van der Waals surface area contributed by atoms with Crippen molar-refractivity contribution in [1.82, 2.24) is 9.88 Å². The van der Waals surface area contributed by atoms with E-state index in [1.54, 1.807) is 41.3 Å². The monoisotopic (exact) mass is 450 g/mol. The molecule has 0 saturated heterocycles. The van der Waals surface area contributed by atoms with Gasteiger partial charge in [0.25, 0.3) is 11.5 Å². The Hall–Kier alpha value is -3.08. The van der Waals surface area contributed by atoms with Crippen molar-refractivity contribution in [2.45, 2.75) is 20.0 Å². The van der Waals surface area contributed by atoms with E-state index in [-0.39, 0.29) is 18.0 Å². The summed E-state index contributed by atoms with van der Waals surface area (Å²) in [5, 5.41) is 2.03. The van der Waals surface area contributed by atoms with Gasteiger partial charge in [0.1, 0.15) is 0 Å². The third-order valence-corrected chi connectivity index (χ3v) is 5.57. The van der Waals surface area contributed by atoms with Gasteiger partial charge in [0.05, 0.1) is 6.54 Å². The number of carbonyl (C=O) groups excluding carboxylic acids is 1. The van der Waals surface area contributed by atoms with Crippen LogP contribution >= 0.6 is 23.2 Å². The zero-order valence-electron chi connectivity index (χ0n) is 16.9. The van der Waals surface area contributed by atoms with Crippen molar-refractivity contribution in [3.63, 3.8) is 0 Å². The second-order valence-corrected chi connectivity index (χ2v) is 8.39. The van der Waals surface area contributed by atoms with Gasteiger partial charge in [0.2, 0.25) is 0 Å². The predicted molar refractivity (Wildman–Crippen MR) is 126 cm³/mol. The Morgan fingerprint density at radius 3 is 2.42 bits per heavy atom. The number of benzene rings is 3. The molecule has 0 unspecified atom stereocenters. The molecule has 4 nitrogen and oxygen atoms in total. The van der Waals surface area contributed by atoms with Gasteiger partial charge >= 0.3 is 0 Å². The number of hydrogen-bond donors (Lipinski definition) is 1. The van der Waals surface area contributed by atoms with Crippen molar-refractivity contribution >= 4 is 40.0 Å². The van der Waals surface area contributed by atoms with Crippen molar-refractivity contribution in [3.05, 3.63) is 115 Å². The van der Waals surface area contributed by atoms with Crippen LogP contribution in [0.4, 0.5) is 0 Å². The molecule has 1 heterocycles. The van der Waals surface area contributed by atoms with Gasteiger partial charge in [0.15, 0.2) is 0 Å². The van der Waals surface area contributed by atoms with Crippen molar-refractivity contribution in [1.29, 1.82) is 0 Å². The lowest BCUT2D eigenvalue weighted by Crippen LogP contribution is -2.32. The van der Waals surface area contributed by atoms with Gasteiger partial charge in [-0.1, -0.05) is 53.0 Å². The van der Waals surface area contributed by atoms with E-state index in [1.165, 1.54) is 0 Å². The van der Waals surface area contributed by atoms with Crippen LogP contribution in [0.2, 0.25) is 10.0 Å². The maximum absolute atomic E-state index is 13.3. The molecule has 6 heteroatoms. The molecule has 3 aromatic carbocycles. The van der Waals surface area contributed by atoms with Crippen LogP contribution < -0.4 is 5.56 Å². The summed E-state index contributed by atoms with van der Waals surface area (Å²) in [6.07, 6.45) is 0. The fourth-order valence-electron chi connectivity index (χ4n) is 3.51. The third-order valence-electron chi connectivity index (χ3n) is 5.08. The Labute approximate surface area is 190 Å². The Morgan fingerprint density at radius 1 is 0.903 bits per heavy atom. The van der Waals surface area contributed by atoms with Crippen LogP contribution in [0.5, 0.6) is 0 Å². The molecule has 0 fully saturated rings. The summed E-state index contributed by atoms with van der Waals surface area (Å²) in [5.74, 6) is -0.207. The Balaban J connectivity index is 1.72. The molecule has 31 heavy (non-hydrogen) atoms. The molecule has 1 aromatic heterocycles. The maximum atomic E-state index is 13.3. The average Bonchev–Trinajstić information content (AvgIpc) is 2.75. The number of pyridine rings is 1. The summed E-state index contributed by atoms with van der Waals surface area (Å²) >= 11 is 12.1. The average molecular weight is 451 g/mol. The molecule has 1 N–H and O–H groups in total. The summed E-state index contributed by atoms with van der Waals surface area (Å²) in [5.41, 5.74) is 3.55. The number of rotatable bonds is 5. The second-order valence-electron chi connectivity index (χ2n) is 7.51. The molecule has 0 spiro atoms. The minimum Gasteiger partial charge on any atom is -0.330 e. The number of fused-ring (bicyclic) bond motifs is 1. The van der Waals surface area contributed by atoms with E-state index in [9.17, 15) is 9.59 Å². The molecule has 4 rings (SSSR count). The summed E-state index contributed by atoms with van der Waals surface area (Å²) in [4.78, 5) is 30.6. The fraction of sp³-hybridized carbons (Fsp3) is 0.120. The highest BCUT2D eigenvalue weighted by Gasteiger charge is 2.19. The predicted octanol–water partition coefficient (Wildman–Crippen LogP) is 5.99. The number of aryl methyl sites for hydroxylation is 1. The number of hydrogen-bond acceptors (Lipinski definition) is 2. The number of nitrogens with one attached hydrogen (secondary N) is 1. The molecule has 0 saturated carbocycles. The Kier molecular flexibility index (Phi) is 6.12. The smallest absolute Gasteiger partial charge is 0.254 e. The zero-order valence-corrected chi connectivity index (χ0v) is 18.4. The fourth-order valence-corrected chi connectivity index (χ4v) is 3.82. The molecule has 0 atom stereocenters. The van der Waals surface area contributed by atoms with Gasteiger partial charge in [-0.05, 0) is 66.4 Å². The molecule has 1 amide bonds. The van der Waals surface area contributed by atoms with Gasteiger partial charge in [-0.15, -0.1) is 0 Å². The largest absolute Gasteiger partial charge is 0.330 e. The van der Waals surface area contributed by atoms with Crippen molar-refractivity contribution in [2.24, 2.45) is 0 Å². The van der Waals surface area contributed by atoms with Gasteiger partial charge in [-0.3, -0.25) is 9.59 Å². The van der Waals surface area contributed by atoms with Crippen LogP contribution in [0.1, 0.15) is 27.0 Å². The second kappa shape index (κ2) is 8.96. The topological polar surface area (TPSA) is 53.2 Å². The first-order valence-corrected chi connectivity index (χ1v) is 10.6. The number of nitrogens with zero attached hydrogens (tertiary/aromatic N) is 1. The van der Waals surface area contributed by atoms with Gasteiger partial charge in [-0.2, -0.15) is 0 Å². The SMILES string of the molecule is Cc1ccc2[nH]c(=O)c(CN(Cc3ccc(Cl)cc3)C(=O)c3cccc(Cl)c3)cc2c1. The lowest BCUT2D eigenvalue weighted by molar-refractivity contribution is 0.0729. The first kappa shape index (κ1) is 21.2. The molecule has 0 aliphatic carbocycles. The summed E-state index contributed by atoms with van der Waals surface area (Å²) in [7, 11) is 0. The van der Waals surface area contributed by atoms with E-state index in [2.05, 4.69) is 4.98 Å². The minimum atomic E-state index is -0.212. The lowest BCUT2D eigenvalue weighted by Gasteiger charge is -2.23. The maximum Gasteiger partial charge on any atom is 0.254 e. The van der Waals surface area contributed by atoms with Crippen molar-refractivity contribution in [3.8, 4) is 0 Å². The number of halogens is 2. The van der Waals surface area contributed by atoms with E-state index in [4.69, 9.17) is 23.2 Å². The quantitative estimate of drug-likeness (QED) is 0.406. The summed E-state index contributed by atoms with van der Waals surface area (Å²) < 4.78 is 0. The first-order valence-electron chi connectivity index (χ1n) is 9.81. The van der Waals surface area contributed by atoms with Crippen LogP contribution in [0.25, 0.3) is 10.9 Å². The van der Waals surface area contributed by atoms with Gasteiger partial charge < -0.3 is 9.88 Å². The van der Waals surface area contributed by atoms with Crippen molar-refractivity contribution < 1.29 is 4.79 Å². The lowest BCUT2D eigenvalue weighted by atomic mass is 10.1. The number of amides is 1. The van der Waals surface area contributed by atoms with Crippen LogP contribution in [0, 0.1) is 6.92 Å². The molecular formula is C25H20Cl2N2O2. The Bertz CT molecular complexity index is 1310. The van der Waals surface area contributed by atoms with Crippen LogP contribution in [-0.4, -0.2) is 15.8 Å². The number of carbonyl (C=O) groups is 1. The standard InChI is InChI=1S/C25H20Cl2N2O2/c1-16-5-10-23-19(11-16)12-20(24(30)28-23)15-29(14-17-6-8-21(26)9-7-17)25(31)18-3-2-4-22(27)13-18/h2-13H,14-15H2,1H3,(H,28,30). The highest BCUT2D eigenvalue weighted by molar-refractivity contribution is 6.31. The summed E-state index contributed by atoms with van der Waals surface area (Å²) in [6.45, 7) is 2.49. The molecular weight excluding hydrogens is 431 g/mol. The molecule has 0 bridgehead atoms. The number of H-pyrrole nitrogens is 1. The van der Waals surface area contributed by atoms with Crippen molar-refractivity contribution in [2.75, 3.05) is 0 Å². The molecule has 4 aromatic rings. The van der Waals surface area contributed by atoms with E-state index in [1.807, 2.05) is 43.3 Å². The molecule has 0 aliphatic rings. The van der Waals surface area contributed by atoms with E-state index >= 15 is 0 Å². The highest BCUT2D eigenvalue weighted by atomic mass is 35.5. The molecule has 156 valence electrons. The van der Waals surface area contributed by atoms with E-state index in [0.717, 1.165) is 22.0 Å². The molecule has 0 aliphatic heterocycles. The van der Waals surface area contributed by atoms with E-state index < -0.39 is 0 Å². The van der Waals surface area contributed by atoms with Gasteiger partial charge in [0, 0.05) is 33.2 Å². The van der Waals surface area contributed by atoms with Gasteiger partial charge in [-0.25, -0.2) is 0 Å². The number of aromatic amines is 1. The normalized spacial score (nSPS) is 10.9. The van der Waals surface area contributed by atoms with Crippen LogP contribution in [0.15, 0.2) is 77.6 Å². The Morgan fingerprint density at radius 2 is 1.68 bits per heavy atom. The highest BCUT2D eigenvalue weighted by Crippen LogP contribution is 2.19. The molecule has 0 radical (unpaired) electrons. The van der Waals surface area contributed by atoms with Crippen LogP contribution in [0.3, 0.4) is 0 Å². The zero-order chi connectivity index (χ0) is 22.0. The first-order chi connectivity index (χ1) is 14.9. The van der Waals surface area contributed by atoms with Crippen LogP contribution in [-0.2, 0) is 13.1 Å². The number of aromatic nitrogens is 1. The third kappa shape index (κ3) is 4.98. The minimum absolute atomic E-state index is 0.160. The van der Waals surface area contributed by atoms with E-state index in [0.29, 0.717) is 27.7 Å².